The van der Waals surface area contributed by atoms with Crippen LogP contribution in [0, 0.1) is 0 Å². The van der Waals surface area contributed by atoms with Gasteiger partial charge in [-0.15, -0.1) is 0 Å². The Morgan fingerprint density at radius 2 is 2.14 bits per heavy atom. The molecule has 1 unspecified atom stereocenters. The summed E-state index contributed by atoms with van der Waals surface area (Å²) < 4.78 is 5.04. The molecule has 3 heteroatoms. The Bertz CT molecular complexity index is 278. The molecule has 2 nitrogen and oxygen atoms in total. The van der Waals surface area contributed by atoms with Crippen molar-refractivity contribution in [1.29, 1.82) is 0 Å². The van der Waals surface area contributed by atoms with Crippen molar-refractivity contribution >= 4 is 11.6 Å². The van der Waals surface area contributed by atoms with E-state index in [1.165, 1.54) is 0 Å². The van der Waals surface area contributed by atoms with Crippen molar-refractivity contribution in [3.05, 3.63) is 34.9 Å². The summed E-state index contributed by atoms with van der Waals surface area (Å²) in [5, 5.41) is 0.791. The predicted molar refractivity (Wildman–Crippen MR) is 59.7 cm³/mol. The fraction of sp³-hybridized carbons (Fsp3) is 0.455. The van der Waals surface area contributed by atoms with Crippen LogP contribution in [0.3, 0.4) is 0 Å². The average Bonchev–Trinajstić information content (AvgIpc) is 2.21. The van der Waals surface area contributed by atoms with Crippen molar-refractivity contribution in [3.63, 3.8) is 0 Å². The lowest BCUT2D eigenvalue weighted by Gasteiger charge is -2.15. The molecular weight excluding hydrogens is 198 g/mol. The van der Waals surface area contributed by atoms with Gasteiger partial charge in [0.15, 0.2) is 0 Å². The molecule has 1 rings (SSSR count). The van der Waals surface area contributed by atoms with Gasteiger partial charge in [-0.05, 0) is 30.5 Å². The molecule has 0 aliphatic carbocycles. The molecule has 0 spiro atoms. The van der Waals surface area contributed by atoms with Crippen LogP contribution in [0.5, 0.6) is 0 Å². The van der Waals surface area contributed by atoms with Gasteiger partial charge in [-0.25, -0.2) is 0 Å². The van der Waals surface area contributed by atoms with Gasteiger partial charge in [0.05, 0.1) is 0 Å². The van der Waals surface area contributed by atoms with Gasteiger partial charge < -0.3 is 10.5 Å². The molecule has 2 N–H and O–H groups in total. The summed E-state index contributed by atoms with van der Waals surface area (Å²) in [6.45, 7) is 1.32. The van der Waals surface area contributed by atoms with Gasteiger partial charge >= 0.3 is 0 Å². The van der Waals surface area contributed by atoms with E-state index in [0.717, 1.165) is 17.0 Å². The second-order valence-electron chi connectivity index (χ2n) is 3.24. The fourth-order valence-corrected chi connectivity index (χ4v) is 1.76. The monoisotopic (exact) mass is 213 g/mol. The van der Waals surface area contributed by atoms with Crippen LogP contribution >= 0.6 is 11.6 Å². The lowest BCUT2D eigenvalue weighted by Crippen LogP contribution is -2.14. The first-order chi connectivity index (χ1) is 6.79. The first-order valence-corrected chi connectivity index (χ1v) is 5.10. The highest BCUT2D eigenvalue weighted by molar-refractivity contribution is 6.31. The molecule has 1 aromatic rings. The van der Waals surface area contributed by atoms with Crippen molar-refractivity contribution in [1.82, 2.24) is 0 Å². The zero-order chi connectivity index (χ0) is 10.4. The largest absolute Gasteiger partial charge is 0.385 e. The van der Waals surface area contributed by atoms with Crippen molar-refractivity contribution in [3.8, 4) is 0 Å². The third-order valence-corrected chi connectivity index (χ3v) is 2.64. The lowest BCUT2D eigenvalue weighted by molar-refractivity contribution is 0.188. The van der Waals surface area contributed by atoms with Crippen LogP contribution in [-0.2, 0) is 4.74 Å². The third-order valence-electron chi connectivity index (χ3n) is 2.30. The van der Waals surface area contributed by atoms with E-state index in [2.05, 4.69) is 0 Å². The number of hydrogen-bond acceptors (Lipinski definition) is 2. The number of hydrogen-bond donors (Lipinski definition) is 1. The molecule has 0 heterocycles. The maximum absolute atomic E-state index is 6.08. The summed E-state index contributed by atoms with van der Waals surface area (Å²) in [5.41, 5.74) is 6.82. The molecule has 14 heavy (non-hydrogen) atoms. The number of rotatable bonds is 5. The molecule has 0 aliphatic rings. The van der Waals surface area contributed by atoms with E-state index < -0.39 is 0 Å². The highest BCUT2D eigenvalue weighted by atomic mass is 35.5. The zero-order valence-electron chi connectivity index (χ0n) is 8.37. The summed E-state index contributed by atoms with van der Waals surface area (Å²) in [6, 6.07) is 7.83. The number of halogens is 1. The Morgan fingerprint density at radius 1 is 1.43 bits per heavy atom. The molecule has 0 fully saturated rings. The van der Waals surface area contributed by atoms with Crippen molar-refractivity contribution < 1.29 is 4.74 Å². The minimum Gasteiger partial charge on any atom is -0.385 e. The van der Waals surface area contributed by atoms with Crippen LogP contribution in [0.25, 0.3) is 0 Å². The summed E-state index contributed by atoms with van der Waals surface area (Å²) in [6.07, 6.45) is 0.913. The highest BCUT2D eigenvalue weighted by Gasteiger charge is 2.11. The Kier molecular flexibility index (Phi) is 4.94. The first-order valence-electron chi connectivity index (χ1n) is 4.73. The molecule has 0 saturated carbocycles. The van der Waals surface area contributed by atoms with E-state index in [0.29, 0.717) is 19.1 Å². The van der Waals surface area contributed by atoms with Gasteiger partial charge in [-0.2, -0.15) is 0 Å². The van der Waals surface area contributed by atoms with Gasteiger partial charge in [0, 0.05) is 18.7 Å². The maximum atomic E-state index is 6.08. The summed E-state index contributed by atoms with van der Waals surface area (Å²) in [5.74, 6) is 0.295. The smallest absolute Gasteiger partial charge is 0.0468 e. The molecule has 0 aliphatic heterocycles. The Balaban J connectivity index is 2.73. The van der Waals surface area contributed by atoms with E-state index in [1.807, 2.05) is 24.3 Å². The summed E-state index contributed by atoms with van der Waals surface area (Å²) in [4.78, 5) is 0. The molecule has 0 saturated heterocycles. The number of benzene rings is 1. The minimum absolute atomic E-state index is 0.295. The Morgan fingerprint density at radius 3 is 2.71 bits per heavy atom. The van der Waals surface area contributed by atoms with Gasteiger partial charge in [-0.3, -0.25) is 0 Å². The van der Waals surface area contributed by atoms with Gasteiger partial charge in [0.1, 0.15) is 0 Å². The molecule has 0 amide bonds. The van der Waals surface area contributed by atoms with E-state index in [4.69, 9.17) is 22.1 Å². The topological polar surface area (TPSA) is 35.2 Å². The summed E-state index contributed by atoms with van der Waals surface area (Å²) >= 11 is 6.08. The number of methoxy groups -OCH3 is 1. The van der Waals surface area contributed by atoms with Crippen LogP contribution in [0.15, 0.2) is 24.3 Å². The van der Waals surface area contributed by atoms with Crippen LogP contribution < -0.4 is 5.73 Å². The molecule has 78 valence electrons. The Hall–Kier alpha value is -0.570. The van der Waals surface area contributed by atoms with E-state index in [9.17, 15) is 0 Å². The molecule has 1 atom stereocenters. The summed E-state index contributed by atoms with van der Waals surface area (Å²) in [7, 11) is 1.69. The van der Waals surface area contributed by atoms with Crippen LogP contribution in [0.4, 0.5) is 0 Å². The maximum Gasteiger partial charge on any atom is 0.0468 e. The van der Waals surface area contributed by atoms with Crippen molar-refractivity contribution in [2.45, 2.75) is 12.3 Å². The molecular formula is C11H16ClNO. The highest BCUT2D eigenvalue weighted by Crippen LogP contribution is 2.25. The molecule has 0 bridgehead atoms. The average molecular weight is 214 g/mol. The molecule has 0 aromatic heterocycles. The lowest BCUT2D eigenvalue weighted by atomic mass is 9.96. The SMILES string of the molecule is COCCC(CN)c1ccccc1Cl. The Labute approximate surface area is 90.0 Å². The minimum atomic E-state index is 0.295. The van der Waals surface area contributed by atoms with Crippen LogP contribution in [0.2, 0.25) is 5.02 Å². The molecule has 0 radical (unpaired) electrons. The van der Waals surface area contributed by atoms with Gasteiger partial charge in [-0.1, -0.05) is 29.8 Å². The van der Waals surface area contributed by atoms with E-state index in [-0.39, 0.29) is 0 Å². The van der Waals surface area contributed by atoms with Gasteiger partial charge in [0.25, 0.3) is 0 Å². The third kappa shape index (κ3) is 2.98. The quantitative estimate of drug-likeness (QED) is 0.816. The van der Waals surface area contributed by atoms with Crippen LogP contribution in [-0.4, -0.2) is 20.3 Å². The van der Waals surface area contributed by atoms with E-state index >= 15 is 0 Å². The fourth-order valence-electron chi connectivity index (χ4n) is 1.47. The van der Waals surface area contributed by atoms with Gasteiger partial charge in [0.2, 0.25) is 0 Å². The number of nitrogens with two attached hydrogens (primary N) is 1. The van der Waals surface area contributed by atoms with Crippen molar-refractivity contribution in [2.24, 2.45) is 5.73 Å². The van der Waals surface area contributed by atoms with Crippen molar-refractivity contribution in [2.75, 3.05) is 20.3 Å². The van der Waals surface area contributed by atoms with Crippen LogP contribution in [0.1, 0.15) is 17.9 Å². The first kappa shape index (κ1) is 11.5. The second-order valence-corrected chi connectivity index (χ2v) is 3.64. The normalized spacial score (nSPS) is 12.8. The molecule has 1 aromatic carbocycles. The van der Waals surface area contributed by atoms with E-state index in [1.54, 1.807) is 7.11 Å². The zero-order valence-corrected chi connectivity index (χ0v) is 9.13. The number of ether oxygens (including phenoxy) is 1. The standard InChI is InChI=1S/C11H16ClNO/c1-14-7-6-9(8-13)10-4-2-3-5-11(10)12/h2-5,9H,6-8,13H2,1H3. The second kappa shape index (κ2) is 6.02. The predicted octanol–water partition coefficient (Wildman–Crippen LogP) is 2.42.